The minimum atomic E-state index is -0.691. The van der Waals surface area contributed by atoms with Gasteiger partial charge in [0.05, 0.1) is 0 Å². The molecule has 0 spiro atoms. The zero-order chi connectivity index (χ0) is 13.1. The van der Waals surface area contributed by atoms with Crippen molar-refractivity contribution in [1.29, 1.82) is 0 Å². The summed E-state index contributed by atoms with van der Waals surface area (Å²) in [6.07, 6.45) is 0. The van der Waals surface area contributed by atoms with Crippen LogP contribution in [0.1, 0.15) is 21.3 Å². The summed E-state index contributed by atoms with van der Waals surface area (Å²) in [6, 6.07) is 14.3. The maximum absolute atomic E-state index is 12.3. The van der Waals surface area contributed by atoms with Crippen molar-refractivity contribution in [3.63, 3.8) is 0 Å². The molecule has 2 rings (SSSR count). The number of carbonyl (C=O) groups excluding carboxylic acids is 1. The summed E-state index contributed by atoms with van der Waals surface area (Å²) in [5.74, 6) is -0.147. The van der Waals surface area contributed by atoms with Gasteiger partial charge in [0.25, 0.3) is 0 Å². The largest absolute Gasteiger partial charge is 0.292 e. The summed E-state index contributed by atoms with van der Waals surface area (Å²) in [6.45, 7) is 0. The Labute approximate surface area is 124 Å². The van der Waals surface area contributed by atoms with Crippen LogP contribution >= 0.6 is 39.1 Å². The van der Waals surface area contributed by atoms with Crippen LogP contribution in [0.4, 0.5) is 0 Å². The number of carbonyl (C=O) groups is 1. The molecule has 0 radical (unpaired) electrons. The van der Waals surface area contributed by atoms with E-state index >= 15 is 0 Å². The Morgan fingerprint density at radius 2 is 1.78 bits per heavy atom. The Morgan fingerprint density at radius 3 is 2.39 bits per heavy atom. The van der Waals surface area contributed by atoms with Crippen LogP contribution in [0.15, 0.2) is 53.0 Å². The third-order valence-corrected chi connectivity index (χ3v) is 3.86. The predicted molar refractivity (Wildman–Crippen MR) is 78.5 cm³/mol. The predicted octanol–water partition coefficient (Wildman–Crippen LogP) is 5.27. The first kappa shape index (κ1) is 13.6. The fraction of sp³-hybridized carbons (Fsp3) is 0.0714. The van der Waals surface area contributed by atoms with Crippen LogP contribution in [-0.2, 0) is 0 Å². The first-order valence-electron chi connectivity index (χ1n) is 5.28. The molecule has 0 aliphatic heterocycles. The quantitative estimate of drug-likeness (QED) is 0.548. The molecule has 0 heterocycles. The highest BCUT2D eigenvalue weighted by Gasteiger charge is 2.21. The minimum absolute atomic E-state index is 0.147. The average Bonchev–Trinajstić information content (AvgIpc) is 2.38. The second-order valence-corrected chi connectivity index (χ2v) is 5.49. The van der Waals surface area contributed by atoms with E-state index in [1.807, 2.05) is 30.3 Å². The third-order valence-electron chi connectivity index (χ3n) is 2.52. The van der Waals surface area contributed by atoms with Gasteiger partial charge in [-0.1, -0.05) is 41.9 Å². The van der Waals surface area contributed by atoms with Crippen molar-refractivity contribution < 1.29 is 4.79 Å². The molecule has 0 saturated heterocycles. The Morgan fingerprint density at radius 1 is 1.11 bits per heavy atom. The number of ketones is 1. The molecule has 1 atom stereocenters. The molecule has 0 aromatic heterocycles. The standard InChI is InChI=1S/C14H9BrCl2O/c15-12-8-10(16)6-7-11(12)14(18)13(17)9-4-2-1-3-5-9/h1-8,13H. The highest BCUT2D eigenvalue weighted by Crippen LogP contribution is 2.29. The van der Waals surface area contributed by atoms with Gasteiger partial charge < -0.3 is 0 Å². The summed E-state index contributed by atoms with van der Waals surface area (Å²) in [7, 11) is 0. The number of hydrogen-bond donors (Lipinski definition) is 0. The molecule has 4 heteroatoms. The van der Waals surface area contributed by atoms with Crippen molar-refractivity contribution in [2.45, 2.75) is 5.38 Å². The smallest absolute Gasteiger partial charge is 0.186 e. The van der Waals surface area contributed by atoms with Crippen molar-refractivity contribution in [3.05, 3.63) is 69.2 Å². The molecule has 18 heavy (non-hydrogen) atoms. The number of benzene rings is 2. The molecule has 0 fully saturated rings. The van der Waals surface area contributed by atoms with Gasteiger partial charge in [-0.15, -0.1) is 11.6 Å². The van der Waals surface area contributed by atoms with Gasteiger partial charge in [0.1, 0.15) is 5.38 Å². The first-order valence-corrected chi connectivity index (χ1v) is 6.88. The van der Waals surface area contributed by atoms with E-state index in [0.29, 0.717) is 15.1 Å². The highest BCUT2D eigenvalue weighted by molar-refractivity contribution is 9.10. The summed E-state index contributed by atoms with van der Waals surface area (Å²) in [4.78, 5) is 12.3. The maximum Gasteiger partial charge on any atom is 0.186 e. The van der Waals surface area contributed by atoms with Gasteiger partial charge in [0, 0.05) is 15.1 Å². The van der Waals surface area contributed by atoms with Crippen molar-refractivity contribution in [3.8, 4) is 0 Å². The second kappa shape index (κ2) is 5.87. The lowest BCUT2D eigenvalue weighted by atomic mass is 10.0. The lowest BCUT2D eigenvalue weighted by Gasteiger charge is -2.10. The fourth-order valence-corrected chi connectivity index (χ4v) is 2.74. The second-order valence-electron chi connectivity index (χ2n) is 3.76. The van der Waals surface area contributed by atoms with Crippen LogP contribution in [-0.4, -0.2) is 5.78 Å². The van der Waals surface area contributed by atoms with Crippen molar-refractivity contribution in [2.75, 3.05) is 0 Å². The van der Waals surface area contributed by atoms with E-state index in [2.05, 4.69) is 15.9 Å². The number of halogens is 3. The SMILES string of the molecule is O=C(c1ccc(Cl)cc1Br)C(Cl)c1ccccc1. The van der Waals surface area contributed by atoms with Crippen LogP contribution in [0.5, 0.6) is 0 Å². The van der Waals surface area contributed by atoms with Crippen LogP contribution in [0.25, 0.3) is 0 Å². The lowest BCUT2D eigenvalue weighted by molar-refractivity contribution is 0.0986. The van der Waals surface area contributed by atoms with Crippen molar-refractivity contribution in [1.82, 2.24) is 0 Å². The zero-order valence-electron chi connectivity index (χ0n) is 9.24. The van der Waals surface area contributed by atoms with E-state index in [4.69, 9.17) is 23.2 Å². The number of alkyl halides is 1. The monoisotopic (exact) mass is 342 g/mol. The molecule has 0 saturated carbocycles. The molecule has 0 amide bonds. The molecule has 2 aromatic rings. The van der Waals surface area contributed by atoms with Gasteiger partial charge in [-0.2, -0.15) is 0 Å². The summed E-state index contributed by atoms with van der Waals surface area (Å²) >= 11 is 15.4. The van der Waals surface area contributed by atoms with Gasteiger partial charge >= 0.3 is 0 Å². The average molecular weight is 344 g/mol. The van der Waals surface area contributed by atoms with Gasteiger partial charge in [0.15, 0.2) is 5.78 Å². The van der Waals surface area contributed by atoms with E-state index < -0.39 is 5.38 Å². The molecule has 1 unspecified atom stereocenters. The Kier molecular flexibility index (Phi) is 4.44. The summed E-state index contributed by atoms with van der Waals surface area (Å²) < 4.78 is 0.654. The highest BCUT2D eigenvalue weighted by atomic mass is 79.9. The van der Waals surface area contributed by atoms with E-state index in [9.17, 15) is 4.79 Å². The van der Waals surface area contributed by atoms with Crippen molar-refractivity contribution >= 4 is 44.9 Å². The van der Waals surface area contributed by atoms with E-state index in [-0.39, 0.29) is 5.78 Å². The van der Waals surface area contributed by atoms with Gasteiger partial charge in [-0.25, -0.2) is 0 Å². The molecular weight excluding hydrogens is 335 g/mol. The third kappa shape index (κ3) is 2.94. The van der Waals surface area contributed by atoms with Crippen molar-refractivity contribution in [2.24, 2.45) is 0 Å². The Balaban J connectivity index is 2.32. The molecule has 0 aliphatic carbocycles. The molecule has 92 valence electrons. The first-order chi connectivity index (χ1) is 8.59. The van der Waals surface area contributed by atoms with Crippen LogP contribution < -0.4 is 0 Å². The molecule has 0 bridgehead atoms. The molecule has 2 aromatic carbocycles. The Hall–Kier alpha value is -0.830. The molecular formula is C14H9BrCl2O. The van der Waals surface area contributed by atoms with Gasteiger partial charge in [-0.3, -0.25) is 4.79 Å². The van der Waals surface area contributed by atoms with E-state index in [1.165, 1.54) is 0 Å². The normalized spacial score (nSPS) is 12.2. The van der Waals surface area contributed by atoms with Crippen LogP contribution in [0.2, 0.25) is 5.02 Å². The van der Waals surface area contributed by atoms with Gasteiger partial charge in [0.2, 0.25) is 0 Å². The number of rotatable bonds is 3. The topological polar surface area (TPSA) is 17.1 Å². The Bertz CT molecular complexity index is 569. The lowest BCUT2D eigenvalue weighted by Crippen LogP contribution is -2.08. The summed E-state index contributed by atoms with van der Waals surface area (Å²) in [5, 5.41) is -0.118. The number of hydrogen-bond acceptors (Lipinski definition) is 1. The fourth-order valence-electron chi connectivity index (χ4n) is 1.60. The molecule has 0 aliphatic rings. The van der Waals surface area contributed by atoms with Crippen LogP contribution in [0.3, 0.4) is 0 Å². The van der Waals surface area contributed by atoms with E-state index in [0.717, 1.165) is 5.56 Å². The maximum atomic E-state index is 12.3. The summed E-state index contributed by atoms with van der Waals surface area (Å²) in [5.41, 5.74) is 1.31. The zero-order valence-corrected chi connectivity index (χ0v) is 12.3. The van der Waals surface area contributed by atoms with Crippen LogP contribution in [0, 0.1) is 0 Å². The van der Waals surface area contributed by atoms with E-state index in [1.54, 1.807) is 18.2 Å². The molecule has 1 nitrogen and oxygen atoms in total. The molecule has 0 N–H and O–H groups in total. The minimum Gasteiger partial charge on any atom is -0.292 e. The number of Topliss-reactive ketones (excluding diaryl/α,β-unsaturated/α-hetero) is 1. The van der Waals surface area contributed by atoms with Gasteiger partial charge in [-0.05, 0) is 39.7 Å².